The molecule has 2 aromatic carbocycles. The molecule has 2 aliphatic carbocycles. The van der Waals surface area contributed by atoms with E-state index in [1.807, 2.05) is 0 Å². The number of nitrogens with two attached hydrogens (primary N) is 1. The third-order valence-corrected chi connectivity index (χ3v) is 10.4. The topological polar surface area (TPSA) is 358 Å². The lowest BCUT2D eigenvalue weighted by Gasteiger charge is -2.42. The number of ether oxygens (including phenoxy) is 4. The van der Waals surface area contributed by atoms with Crippen molar-refractivity contribution >= 4 is 23.4 Å². The maximum absolute atomic E-state index is 13.6. The van der Waals surface area contributed by atoms with E-state index in [1.54, 1.807) is 6.92 Å². The Labute approximate surface area is 322 Å². The molecule has 312 valence electrons. The lowest BCUT2D eigenvalue weighted by Crippen LogP contribution is -2.64. The van der Waals surface area contributed by atoms with Gasteiger partial charge in [-0.1, -0.05) is 12.1 Å². The van der Waals surface area contributed by atoms with Crippen molar-refractivity contribution in [2.75, 3.05) is 27.4 Å². The Balaban J connectivity index is 0.000000290. The summed E-state index contributed by atoms with van der Waals surface area (Å²) in [6.07, 6.45) is -11.0. The first-order chi connectivity index (χ1) is 26.8. The van der Waals surface area contributed by atoms with Crippen LogP contribution in [0.5, 0.6) is 17.2 Å². The van der Waals surface area contributed by atoms with Crippen LogP contribution in [-0.2, 0) is 25.4 Å². The van der Waals surface area contributed by atoms with E-state index < -0.39 is 139 Å². The number of carbonyl (C=O) groups excluding carboxylic acids is 4. The van der Waals surface area contributed by atoms with Gasteiger partial charge in [0.25, 0.3) is 0 Å². The number of aliphatic hydroxyl groups excluding tert-OH is 6. The lowest BCUT2D eigenvalue weighted by molar-refractivity contribution is -0.252. The molecule has 2 fully saturated rings. The number of amides is 2. The molecule has 12 N–H and O–H groups in total. The van der Waals surface area contributed by atoms with Gasteiger partial charge in [-0.2, -0.15) is 5.01 Å². The number of carbonyl (C=O) groups is 4. The standard InChI is InChI=1S/C27H29NO11.C8H15N3O7/c1-10-22(31)13(28)6-17(38-10)39-15-8-27(36,16(30)9-29)7-12-19(15)26(35)21-20(24(12)33)23(32)11-4-3-5-14(37-2)18(11)25(21)34;1-11(10-17)8(16)9-4-6(14)5(13)3(2-12)18-7(4)15/h3-5,10,13,15,17,22,29,31,33,35-36H,6-9,28H2,1-2H3;3-7,12-15H,2H2,1H3,(H,9,16)/t10-,13-,15-,17-,22+,27-;3-,4-,5-,6-,7+/m01/s1. The molecule has 11 atom stereocenters. The number of nitroso groups, excluding NO2 is 1. The minimum absolute atomic E-state index is 0.0173. The van der Waals surface area contributed by atoms with Crippen molar-refractivity contribution in [2.45, 2.75) is 93.1 Å². The van der Waals surface area contributed by atoms with Crippen LogP contribution in [0.2, 0.25) is 0 Å². The second-order valence-corrected chi connectivity index (χ2v) is 14.0. The summed E-state index contributed by atoms with van der Waals surface area (Å²) in [6, 6.07) is 1.31. The van der Waals surface area contributed by atoms with Crippen molar-refractivity contribution in [3.63, 3.8) is 0 Å². The average molecular weight is 809 g/mol. The Morgan fingerprint density at radius 2 is 1.68 bits per heavy atom. The number of phenolic OH excluding ortho intramolecular Hbond substituents is 2. The molecule has 2 amide bonds. The Morgan fingerprint density at radius 1 is 1.02 bits per heavy atom. The number of methoxy groups -OCH3 is 1. The zero-order valence-corrected chi connectivity index (χ0v) is 30.7. The number of ketones is 3. The van der Waals surface area contributed by atoms with Crippen LogP contribution in [0.15, 0.2) is 23.5 Å². The Hall–Kier alpha value is -4.72. The summed E-state index contributed by atoms with van der Waals surface area (Å²) in [5, 5.41) is 96.0. The first-order valence-electron chi connectivity index (χ1n) is 17.5. The molecular formula is C35H44N4O18. The van der Waals surface area contributed by atoms with Crippen molar-refractivity contribution in [3.8, 4) is 17.2 Å². The molecule has 0 bridgehead atoms. The van der Waals surface area contributed by atoms with Gasteiger partial charge in [-0.3, -0.25) is 14.4 Å². The molecule has 4 aliphatic rings. The quantitative estimate of drug-likeness (QED) is 0.0618. The molecule has 2 saturated heterocycles. The highest BCUT2D eigenvalue weighted by molar-refractivity contribution is 6.31. The van der Waals surface area contributed by atoms with E-state index in [-0.39, 0.29) is 34.4 Å². The number of phenols is 2. The average Bonchev–Trinajstić information content (AvgIpc) is 3.19. The largest absolute Gasteiger partial charge is 0.507 e. The van der Waals surface area contributed by atoms with Crippen LogP contribution in [0.4, 0.5) is 4.79 Å². The molecule has 2 aliphatic heterocycles. The summed E-state index contributed by atoms with van der Waals surface area (Å²) < 4.78 is 21.8. The van der Waals surface area contributed by atoms with Crippen LogP contribution >= 0.6 is 0 Å². The number of urea groups is 1. The number of fused-ring (bicyclic) bond motifs is 3. The lowest BCUT2D eigenvalue weighted by atomic mass is 9.72. The fourth-order valence-electron chi connectivity index (χ4n) is 7.28. The third kappa shape index (κ3) is 7.93. The Bertz CT molecular complexity index is 1900. The summed E-state index contributed by atoms with van der Waals surface area (Å²) in [7, 11) is 2.39. The number of nitrogens with one attached hydrogen (secondary N) is 1. The number of benzene rings is 2. The fraction of sp³-hybridized carbons (Fsp3) is 0.543. The summed E-state index contributed by atoms with van der Waals surface area (Å²) in [6.45, 7) is -0.0458. The number of hydrogen-bond donors (Lipinski definition) is 11. The summed E-state index contributed by atoms with van der Waals surface area (Å²) in [5.41, 5.74) is 2.37. The van der Waals surface area contributed by atoms with Crippen LogP contribution in [0, 0.1) is 4.91 Å². The summed E-state index contributed by atoms with van der Waals surface area (Å²) in [4.78, 5) is 61.1. The van der Waals surface area contributed by atoms with Gasteiger partial charge in [0.2, 0.25) is 5.78 Å². The molecule has 57 heavy (non-hydrogen) atoms. The van der Waals surface area contributed by atoms with Gasteiger partial charge in [-0.15, -0.1) is 4.91 Å². The predicted molar refractivity (Wildman–Crippen MR) is 188 cm³/mol. The molecule has 0 spiro atoms. The molecule has 6 rings (SSSR count). The van der Waals surface area contributed by atoms with Crippen LogP contribution in [-0.4, -0.2) is 163 Å². The highest BCUT2D eigenvalue weighted by atomic mass is 16.7. The van der Waals surface area contributed by atoms with Crippen molar-refractivity contribution < 1.29 is 84.1 Å². The molecule has 22 nitrogen and oxygen atoms in total. The molecule has 2 heterocycles. The van der Waals surface area contributed by atoms with Gasteiger partial charge in [0.15, 0.2) is 24.1 Å². The second kappa shape index (κ2) is 17.0. The zero-order chi connectivity index (χ0) is 42.3. The van der Waals surface area contributed by atoms with E-state index in [1.165, 1.54) is 25.3 Å². The maximum Gasteiger partial charge on any atom is 0.340 e. The van der Waals surface area contributed by atoms with Gasteiger partial charge < -0.3 is 76.0 Å². The molecule has 0 saturated carbocycles. The number of nitrogens with zero attached hydrogens (tertiary/aromatic N) is 2. The highest BCUT2D eigenvalue weighted by Crippen LogP contribution is 2.52. The number of Topliss-reactive ketones (excluding diaryl/α,β-unsaturated/α-hetero) is 1. The third-order valence-electron chi connectivity index (χ3n) is 10.4. The number of aromatic hydroxyl groups is 2. The van der Waals surface area contributed by atoms with E-state index >= 15 is 0 Å². The highest BCUT2D eigenvalue weighted by Gasteiger charge is 2.50. The van der Waals surface area contributed by atoms with Crippen molar-refractivity contribution in [1.82, 2.24) is 10.3 Å². The number of aliphatic hydroxyl groups is 7. The van der Waals surface area contributed by atoms with Gasteiger partial charge in [-0.05, 0) is 13.0 Å². The monoisotopic (exact) mass is 808 g/mol. The number of hydrogen-bond acceptors (Lipinski definition) is 20. The van der Waals surface area contributed by atoms with E-state index in [4.69, 9.17) is 29.8 Å². The molecule has 22 heteroatoms. The summed E-state index contributed by atoms with van der Waals surface area (Å²) in [5.74, 6) is -3.77. The SMILES string of the molecule is CN(N=O)C(=O)N[C@@H]1[C@@H](O)[C@H](O)[C@@H](CO)O[C@@H]1O.COc1cccc2c1C(=O)c1c(O)c3c(c(O)c1C2=O)C[C@@](O)(C(=O)CO)C[C@@H]3O[C@H]1C[C@H](N)[C@H](O)[C@H](C)O1. The smallest absolute Gasteiger partial charge is 0.340 e. The summed E-state index contributed by atoms with van der Waals surface area (Å²) >= 11 is 0. The first-order valence-corrected chi connectivity index (χ1v) is 17.5. The van der Waals surface area contributed by atoms with Crippen LogP contribution in [0.1, 0.15) is 68.8 Å². The Kier molecular flexibility index (Phi) is 13.0. The van der Waals surface area contributed by atoms with E-state index in [2.05, 4.69) is 10.6 Å². The van der Waals surface area contributed by atoms with E-state index in [9.17, 15) is 64.9 Å². The second-order valence-electron chi connectivity index (χ2n) is 14.0. The minimum atomic E-state index is -2.24. The van der Waals surface area contributed by atoms with Crippen LogP contribution < -0.4 is 15.8 Å². The van der Waals surface area contributed by atoms with Crippen LogP contribution in [0.3, 0.4) is 0 Å². The van der Waals surface area contributed by atoms with Gasteiger partial charge >= 0.3 is 6.03 Å². The van der Waals surface area contributed by atoms with Crippen molar-refractivity contribution in [1.29, 1.82) is 0 Å². The zero-order valence-electron chi connectivity index (χ0n) is 30.7. The normalized spacial score (nSPS) is 31.8. The predicted octanol–water partition coefficient (Wildman–Crippen LogP) is -2.89. The Morgan fingerprint density at radius 3 is 2.28 bits per heavy atom. The molecular weight excluding hydrogens is 764 g/mol. The van der Waals surface area contributed by atoms with E-state index in [0.717, 1.165) is 7.05 Å². The first kappa shape index (κ1) is 43.4. The van der Waals surface area contributed by atoms with Crippen molar-refractivity contribution in [2.24, 2.45) is 11.0 Å². The van der Waals surface area contributed by atoms with Crippen molar-refractivity contribution in [3.05, 3.63) is 56.5 Å². The minimum Gasteiger partial charge on any atom is -0.507 e. The number of rotatable bonds is 8. The van der Waals surface area contributed by atoms with Crippen LogP contribution in [0.25, 0.3) is 0 Å². The van der Waals surface area contributed by atoms with E-state index in [0.29, 0.717) is 5.01 Å². The van der Waals surface area contributed by atoms with Gasteiger partial charge in [0, 0.05) is 49.0 Å². The molecule has 0 unspecified atom stereocenters. The molecule has 0 radical (unpaired) electrons. The maximum atomic E-state index is 13.6. The van der Waals surface area contributed by atoms with Gasteiger partial charge in [-0.25, -0.2) is 4.79 Å². The molecule has 0 aromatic heterocycles. The molecule has 2 aromatic rings. The van der Waals surface area contributed by atoms with Gasteiger partial charge in [0.1, 0.15) is 53.8 Å². The van der Waals surface area contributed by atoms with Gasteiger partial charge in [0.05, 0.1) is 54.0 Å². The fourth-order valence-corrected chi connectivity index (χ4v) is 7.28.